The van der Waals surface area contributed by atoms with E-state index in [4.69, 9.17) is 4.74 Å². The molecule has 0 fully saturated rings. The summed E-state index contributed by atoms with van der Waals surface area (Å²) in [5.41, 5.74) is 1.55. The summed E-state index contributed by atoms with van der Waals surface area (Å²) in [5, 5.41) is 9.29. The molecular weight excluding hydrogens is 393 g/mol. The van der Waals surface area contributed by atoms with Gasteiger partial charge in [0, 0.05) is 13.6 Å². The Morgan fingerprint density at radius 3 is 2.72 bits per heavy atom. The van der Waals surface area contributed by atoms with Gasteiger partial charge >= 0.3 is 5.97 Å². The first-order valence-corrected chi connectivity index (χ1v) is 9.89. The van der Waals surface area contributed by atoms with E-state index in [0.29, 0.717) is 16.3 Å². The van der Waals surface area contributed by atoms with Crippen LogP contribution in [0.3, 0.4) is 0 Å². The molecule has 0 saturated carbocycles. The van der Waals surface area contributed by atoms with E-state index in [2.05, 4.69) is 4.98 Å². The molecule has 0 radical (unpaired) electrons. The zero-order valence-corrected chi connectivity index (χ0v) is 17.5. The third kappa shape index (κ3) is 5.78. The normalized spacial score (nSPS) is 11.4. The summed E-state index contributed by atoms with van der Waals surface area (Å²) in [5.74, 6) is -1.08. The van der Waals surface area contributed by atoms with Gasteiger partial charge in [-0.15, -0.1) is 0 Å². The van der Waals surface area contributed by atoms with E-state index in [9.17, 15) is 19.2 Å². The molecule has 2 rings (SSSR count). The minimum atomic E-state index is -0.537. The molecule has 0 aliphatic carbocycles. The monoisotopic (exact) mass is 415 g/mol. The van der Waals surface area contributed by atoms with Crippen LogP contribution in [0.25, 0.3) is 0 Å². The molecule has 1 atom stereocenters. The number of aromatic nitrogens is 1. The number of pyridine rings is 1. The molecule has 0 saturated heterocycles. The highest BCUT2D eigenvalue weighted by Gasteiger charge is 2.23. The Kier molecular flexibility index (Phi) is 7.74. The second kappa shape index (κ2) is 10.0. The fourth-order valence-corrected chi connectivity index (χ4v) is 3.72. The molecule has 8 heteroatoms. The van der Waals surface area contributed by atoms with Crippen molar-refractivity contribution in [2.75, 3.05) is 13.7 Å². The van der Waals surface area contributed by atoms with Gasteiger partial charge in [-0.25, -0.2) is 14.2 Å². The van der Waals surface area contributed by atoms with Crippen LogP contribution in [-0.4, -0.2) is 40.7 Å². The van der Waals surface area contributed by atoms with Gasteiger partial charge in [0.25, 0.3) is 0 Å². The molecule has 0 N–H and O–H groups in total. The van der Waals surface area contributed by atoms with Gasteiger partial charge in [-0.05, 0) is 44.5 Å². The first kappa shape index (κ1) is 22.4. The lowest BCUT2D eigenvalue weighted by molar-refractivity contribution is -0.129. The number of carbonyl (C=O) groups excluding carboxylic acids is 2. The number of benzene rings is 1. The first-order valence-electron chi connectivity index (χ1n) is 9.01. The van der Waals surface area contributed by atoms with Crippen LogP contribution in [0.5, 0.6) is 0 Å². The van der Waals surface area contributed by atoms with Crippen molar-refractivity contribution in [2.45, 2.75) is 37.6 Å². The number of carbonyl (C=O) groups is 2. The fourth-order valence-electron chi connectivity index (χ4n) is 2.68. The minimum absolute atomic E-state index is 0.183. The maximum atomic E-state index is 13.3. The first-order chi connectivity index (χ1) is 13.8. The molecule has 0 aliphatic rings. The smallest absolute Gasteiger partial charge is 0.340 e. The van der Waals surface area contributed by atoms with Crippen LogP contribution in [0, 0.1) is 24.1 Å². The number of nitrogens with zero attached hydrogens (tertiary/aromatic N) is 3. The number of halogens is 1. The average molecular weight is 415 g/mol. The zero-order chi connectivity index (χ0) is 21.6. The number of nitriles is 1. The molecule has 2 aromatic rings. The van der Waals surface area contributed by atoms with Gasteiger partial charge in [0.15, 0.2) is 0 Å². The summed E-state index contributed by atoms with van der Waals surface area (Å²) < 4.78 is 18.3. The second-order valence-electron chi connectivity index (χ2n) is 6.39. The SMILES string of the molecule is CCOC(=O)c1cc(C#N)c(S[C@@H](C)C(=O)N(C)Cc2cccc(F)c2)nc1C. The zero-order valence-electron chi connectivity index (χ0n) is 16.7. The van der Waals surface area contributed by atoms with Crippen molar-refractivity contribution in [3.05, 3.63) is 58.5 Å². The maximum absolute atomic E-state index is 13.3. The van der Waals surface area contributed by atoms with Crippen LogP contribution < -0.4 is 0 Å². The number of esters is 1. The van der Waals surface area contributed by atoms with Crippen LogP contribution in [0.1, 0.15) is 41.0 Å². The van der Waals surface area contributed by atoms with Gasteiger partial charge < -0.3 is 9.64 Å². The summed E-state index contributed by atoms with van der Waals surface area (Å²) in [7, 11) is 1.64. The van der Waals surface area contributed by atoms with Crippen LogP contribution in [-0.2, 0) is 16.1 Å². The van der Waals surface area contributed by atoms with Crippen molar-refractivity contribution in [3.63, 3.8) is 0 Å². The number of hydrogen-bond donors (Lipinski definition) is 0. The Labute approximate surface area is 173 Å². The molecule has 0 aliphatic heterocycles. The topological polar surface area (TPSA) is 83.3 Å². The van der Waals surface area contributed by atoms with Crippen molar-refractivity contribution >= 4 is 23.6 Å². The van der Waals surface area contributed by atoms with Gasteiger partial charge in [0.1, 0.15) is 16.9 Å². The Bertz CT molecular complexity index is 959. The Balaban J connectivity index is 2.15. The van der Waals surface area contributed by atoms with E-state index < -0.39 is 11.2 Å². The fraction of sp³-hybridized carbons (Fsp3) is 0.333. The van der Waals surface area contributed by atoms with Crippen LogP contribution in [0.15, 0.2) is 35.4 Å². The third-order valence-electron chi connectivity index (χ3n) is 4.12. The quantitative estimate of drug-likeness (QED) is 0.506. The van der Waals surface area contributed by atoms with Crippen molar-refractivity contribution in [1.82, 2.24) is 9.88 Å². The highest BCUT2D eigenvalue weighted by molar-refractivity contribution is 8.00. The van der Waals surface area contributed by atoms with E-state index >= 15 is 0 Å². The lowest BCUT2D eigenvalue weighted by atomic mass is 10.1. The van der Waals surface area contributed by atoms with E-state index in [1.807, 2.05) is 6.07 Å². The summed E-state index contributed by atoms with van der Waals surface area (Å²) in [6.07, 6.45) is 0. The molecule has 29 heavy (non-hydrogen) atoms. The van der Waals surface area contributed by atoms with Crippen molar-refractivity contribution in [3.8, 4) is 6.07 Å². The highest BCUT2D eigenvalue weighted by atomic mass is 32.2. The molecule has 0 spiro atoms. The molecule has 1 aromatic heterocycles. The average Bonchev–Trinajstić information content (AvgIpc) is 2.67. The standard InChI is InChI=1S/C21H22FN3O3S/c1-5-28-21(27)18-10-16(11-23)19(24-13(18)2)29-14(3)20(26)25(4)12-15-7-6-8-17(22)9-15/h6-10,14H,5,12H2,1-4H3/t14-/m0/s1. The predicted octanol–water partition coefficient (Wildman–Crippen LogP) is 3.72. The van der Waals surface area contributed by atoms with E-state index in [1.165, 1.54) is 23.1 Å². The van der Waals surface area contributed by atoms with Gasteiger partial charge in [0.2, 0.25) is 5.91 Å². The van der Waals surface area contributed by atoms with Crippen LogP contribution in [0.2, 0.25) is 0 Å². The van der Waals surface area contributed by atoms with Crippen LogP contribution >= 0.6 is 11.8 Å². The van der Waals surface area contributed by atoms with Gasteiger partial charge in [-0.1, -0.05) is 23.9 Å². The molecule has 1 aromatic carbocycles. The van der Waals surface area contributed by atoms with E-state index in [0.717, 1.165) is 11.8 Å². The van der Waals surface area contributed by atoms with Crippen molar-refractivity contribution in [1.29, 1.82) is 5.26 Å². The van der Waals surface area contributed by atoms with Crippen molar-refractivity contribution in [2.24, 2.45) is 0 Å². The molecule has 0 bridgehead atoms. The van der Waals surface area contributed by atoms with E-state index in [1.54, 1.807) is 40.0 Å². The molecule has 6 nitrogen and oxygen atoms in total. The summed E-state index contributed by atoms with van der Waals surface area (Å²) in [6.45, 7) is 5.55. The summed E-state index contributed by atoms with van der Waals surface area (Å²) >= 11 is 1.14. The molecule has 1 heterocycles. The lowest BCUT2D eigenvalue weighted by Gasteiger charge is -2.21. The predicted molar refractivity (Wildman–Crippen MR) is 108 cm³/mol. The molecule has 0 unspecified atom stereocenters. The Hall–Kier alpha value is -2.92. The van der Waals surface area contributed by atoms with Gasteiger partial charge in [0.05, 0.1) is 28.7 Å². The summed E-state index contributed by atoms with van der Waals surface area (Å²) in [4.78, 5) is 30.5. The second-order valence-corrected chi connectivity index (χ2v) is 7.72. The maximum Gasteiger partial charge on any atom is 0.340 e. The number of ether oxygens (including phenoxy) is 1. The van der Waals surface area contributed by atoms with Crippen molar-refractivity contribution < 1.29 is 18.7 Å². The molecular formula is C21H22FN3O3S. The number of hydrogen-bond acceptors (Lipinski definition) is 6. The van der Waals surface area contributed by atoms with Crippen LogP contribution in [0.4, 0.5) is 4.39 Å². The number of thioether (sulfide) groups is 1. The Morgan fingerprint density at radius 1 is 1.38 bits per heavy atom. The number of rotatable bonds is 7. The highest BCUT2D eigenvalue weighted by Crippen LogP contribution is 2.28. The number of amides is 1. The Morgan fingerprint density at radius 2 is 2.10 bits per heavy atom. The minimum Gasteiger partial charge on any atom is -0.462 e. The van der Waals surface area contributed by atoms with Gasteiger partial charge in [-0.2, -0.15) is 5.26 Å². The largest absolute Gasteiger partial charge is 0.462 e. The third-order valence-corrected chi connectivity index (χ3v) is 5.20. The van der Waals surface area contributed by atoms with Gasteiger partial charge in [-0.3, -0.25) is 4.79 Å². The molecule has 152 valence electrons. The summed E-state index contributed by atoms with van der Waals surface area (Å²) in [6, 6.07) is 9.54. The molecule has 1 amide bonds. The lowest BCUT2D eigenvalue weighted by Crippen LogP contribution is -2.32. The van der Waals surface area contributed by atoms with E-state index in [-0.39, 0.29) is 36.0 Å². The number of aryl methyl sites for hydroxylation is 1.